The van der Waals surface area contributed by atoms with E-state index in [9.17, 15) is 9.59 Å². The van der Waals surface area contributed by atoms with Crippen molar-refractivity contribution in [2.45, 2.75) is 32.1 Å². The Balaban J connectivity index is 1.24. The van der Waals surface area contributed by atoms with Gasteiger partial charge in [-0.25, -0.2) is 0 Å². The van der Waals surface area contributed by atoms with Crippen LogP contribution in [0, 0.1) is 11.8 Å². The van der Waals surface area contributed by atoms with Crippen LogP contribution < -0.4 is 0 Å². The highest BCUT2D eigenvalue weighted by atomic mass is 35.5. The summed E-state index contributed by atoms with van der Waals surface area (Å²) in [6, 6.07) is 17.6. The molecule has 30 heavy (non-hydrogen) atoms. The van der Waals surface area contributed by atoms with E-state index in [-0.39, 0.29) is 17.7 Å². The third-order valence-electron chi connectivity index (χ3n) is 6.52. The number of nitrogens with zero attached hydrogens (tertiary/aromatic N) is 2. The average Bonchev–Trinajstić information content (AvgIpc) is 2.80. The van der Waals surface area contributed by atoms with Gasteiger partial charge in [0.25, 0.3) is 5.91 Å². The molecule has 2 fully saturated rings. The Morgan fingerprint density at radius 1 is 0.800 bits per heavy atom. The second-order valence-electron chi connectivity index (χ2n) is 8.53. The van der Waals surface area contributed by atoms with Crippen LogP contribution in [0.15, 0.2) is 54.6 Å². The molecule has 2 aliphatic heterocycles. The van der Waals surface area contributed by atoms with E-state index in [1.807, 2.05) is 4.90 Å². The van der Waals surface area contributed by atoms with Gasteiger partial charge in [0.2, 0.25) is 5.91 Å². The Morgan fingerprint density at radius 2 is 1.40 bits per heavy atom. The first-order chi connectivity index (χ1) is 14.6. The van der Waals surface area contributed by atoms with Gasteiger partial charge in [-0.15, -0.1) is 0 Å². The van der Waals surface area contributed by atoms with Gasteiger partial charge >= 0.3 is 0 Å². The normalized spacial score (nSPS) is 18.4. The second kappa shape index (κ2) is 9.65. The van der Waals surface area contributed by atoms with Crippen LogP contribution in [0.2, 0.25) is 5.02 Å². The lowest BCUT2D eigenvalue weighted by Gasteiger charge is -2.37. The van der Waals surface area contributed by atoms with Crippen molar-refractivity contribution < 1.29 is 9.59 Å². The lowest BCUT2D eigenvalue weighted by molar-refractivity contribution is -0.138. The molecule has 2 heterocycles. The fourth-order valence-electron chi connectivity index (χ4n) is 4.67. The second-order valence-corrected chi connectivity index (χ2v) is 8.97. The van der Waals surface area contributed by atoms with Crippen LogP contribution >= 0.6 is 11.6 Å². The van der Waals surface area contributed by atoms with Crippen LogP contribution in [-0.2, 0) is 11.2 Å². The summed E-state index contributed by atoms with van der Waals surface area (Å²) >= 11 is 5.91. The van der Waals surface area contributed by atoms with Gasteiger partial charge in [-0.3, -0.25) is 9.59 Å². The van der Waals surface area contributed by atoms with Gasteiger partial charge in [-0.1, -0.05) is 41.9 Å². The van der Waals surface area contributed by atoms with Crippen LogP contribution in [0.1, 0.15) is 41.6 Å². The monoisotopic (exact) mass is 424 g/mol. The molecule has 0 atom stereocenters. The van der Waals surface area contributed by atoms with E-state index in [1.54, 1.807) is 24.3 Å². The molecule has 4 rings (SSSR count). The zero-order chi connectivity index (χ0) is 20.9. The summed E-state index contributed by atoms with van der Waals surface area (Å²) < 4.78 is 0. The van der Waals surface area contributed by atoms with Crippen molar-refractivity contribution in [3.63, 3.8) is 0 Å². The third-order valence-corrected chi connectivity index (χ3v) is 6.77. The standard InChI is InChI=1S/C25H29ClN2O2/c26-23-8-6-21(7-9-23)24(29)28-16-12-22(13-17-28)25(30)27-14-10-20(11-15-27)18-19-4-2-1-3-5-19/h1-9,20,22H,10-18H2. The molecule has 2 amide bonds. The summed E-state index contributed by atoms with van der Waals surface area (Å²) in [5.74, 6) is 1.02. The van der Waals surface area contributed by atoms with Crippen molar-refractivity contribution in [2.75, 3.05) is 26.2 Å². The van der Waals surface area contributed by atoms with Gasteiger partial charge in [-0.05, 0) is 67.9 Å². The van der Waals surface area contributed by atoms with E-state index in [1.165, 1.54) is 5.56 Å². The topological polar surface area (TPSA) is 40.6 Å². The van der Waals surface area contributed by atoms with E-state index < -0.39 is 0 Å². The number of benzene rings is 2. The molecule has 0 aliphatic carbocycles. The quantitative estimate of drug-likeness (QED) is 0.715. The summed E-state index contributed by atoms with van der Waals surface area (Å²) in [6.45, 7) is 3.01. The third kappa shape index (κ3) is 5.04. The molecular weight excluding hydrogens is 396 g/mol. The van der Waals surface area contributed by atoms with Gasteiger partial charge in [0.1, 0.15) is 0 Å². The Hall–Kier alpha value is -2.33. The van der Waals surface area contributed by atoms with Crippen molar-refractivity contribution >= 4 is 23.4 Å². The molecule has 0 unspecified atom stereocenters. The van der Waals surface area contributed by atoms with E-state index in [0.717, 1.165) is 45.2 Å². The minimum Gasteiger partial charge on any atom is -0.342 e. The number of piperidine rings is 2. The molecule has 0 N–H and O–H groups in total. The fraction of sp³-hybridized carbons (Fsp3) is 0.440. The number of carbonyl (C=O) groups is 2. The Morgan fingerprint density at radius 3 is 2.03 bits per heavy atom. The minimum absolute atomic E-state index is 0.0271. The molecule has 158 valence electrons. The molecule has 0 bridgehead atoms. The van der Waals surface area contributed by atoms with Crippen LogP contribution in [0.4, 0.5) is 0 Å². The molecule has 2 aromatic carbocycles. The van der Waals surface area contributed by atoms with Gasteiger partial charge in [0, 0.05) is 42.7 Å². The maximum atomic E-state index is 13.0. The fourth-order valence-corrected chi connectivity index (χ4v) is 4.79. The highest BCUT2D eigenvalue weighted by Gasteiger charge is 2.32. The molecular formula is C25H29ClN2O2. The summed E-state index contributed by atoms with van der Waals surface area (Å²) in [7, 11) is 0. The number of amides is 2. The Labute approximate surface area is 183 Å². The average molecular weight is 425 g/mol. The first-order valence-corrected chi connectivity index (χ1v) is 11.4. The largest absolute Gasteiger partial charge is 0.342 e. The maximum Gasteiger partial charge on any atom is 0.253 e. The smallest absolute Gasteiger partial charge is 0.253 e. The summed E-state index contributed by atoms with van der Waals surface area (Å²) in [5, 5.41) is 0.628. The molecule has 4 nitrogen and oxygen atoms in total. The van der Waals surface area contributed by atoms with Crippen LogP contribution in [0.25, 0.3) is 0 Å². The molecule has 0 saturated carbocycles. The summed E-state index contributed by atoms with van der Waals surface area (Å²) in [4.78, 5) is 29.6. The first kappa shape index (κ1) is 20.9. The minimum atomic E-state index is 0.0271. The molecule has 5 heteroatoms. The van der Waals surface area contributed by atoms with Crippen LogP contribution in [-0.4, -0.2) is 47.8 Å². The number of hydrogen-bond acceptors (Lipinski definition) is 2. The number of carbonyl (C=O) groups excluding carboxylic acids is 2. The van der Waals surface area contributed by atoms with Crippen molar-refractivity contribution in [3.05, 3.63) is 70.7 Å². The molecule has 0 radical (unpaired) electrons. The van der Waals surface area contributed by atoms with Crippen LogP contribution in [0.5, 0.6) is 0 Å². The van der Waals surface area contributed by atoms with Crippen LogP contribution in [0.3, 0.4) is 0 Å². The molecule has 0 spiro atoms. The van der Waals surface area contributed by atoms with Gasteiger partial charge < -0.3 is 9.80 Å². The number of hydrogen-bond donors (Lipinski definition) is 0. The molecule has 2 aromatic rings. The Bertz CT molecular complexity index is 852. The summed E-state index contributed by atoms with van der Waals surface area (Å²) in [6.07, 6.45) is 4.77. The molecule has 2 aliphatic rings. The van der Waals surface area contributed by atoms with Crippen molar-refractivity contribution in [2.24, 2.45) is 11.8 Å². The predicted molar refractivity (Wildman–Crippen MR) is 120 cm³/mol. The van der Waals surface area contributed by atoms with Gasteiger partial charge in [0.05, 0.1) is 0 Å². The highest BCUT2D eigenvalue weighted by molar-refractivity contribution is 6.30. The van der Waals surface area contributed by atoms with Crippen molar-refractivity contribution in [1.29, 1.82) is 0 Å². The number of halogens is 1. The van der Waals surface area contributed by atoms with Crippen molar-refractivity contribution in [1.82, 2.24) is 9.80 Å². The number of rotatable bonds is 4. The van der Waals surface area contributed by atoms with Crippen molar-refractivity contribution in [3.8, 4) is 0 Å². The zero-order valence-electron chi connectivity index (χ0n) is 17.3. The van der Waals surface area contributed by atoms with E-state index in [0.29, 0.717) is 29.6 Å². The highest BCUT2D eigenvalue weighted by Crippen LogP contribution is 2.26. The van der Waals surface area contributed by atoms with E-state index in [2.05, 4.69) is 35.2 Å². The lowest BCUT2D eigenvalue weighted by atomic mass is 9.88. The number of likely N-dealkylation sites (tertiary alicyclic amines) is 2. The van der Waals surface area contributed by atoms with E-state index in [4.69, 9.17) is 11.6 Å². The SMILES string of the molecule is O=C(c1ccc(Cl)cc1)N1CCC(C(=O)N2CCC(Cc3ccccc3)CC2)CC1. The summed E-state index contributed by atoms with van der Waals surface area (Å²) in [5.41, 5.74) is 2.05. The van der Waals surface area contributed by atoms with Gasteiger partial charge in [-0.2, -0.15) is 0 Å². The maximum absolute atomic E-state index is 13.0. The molecule has 0 aromatic heterocycles. The molecule has 2 saturated heterocycles. The first-order valence-electron chi connectivity index (χ1n) is 11.0. The predicted octanol–water partition coefficient (Wildman–Crippen LogP) is 4.67. The van der Waals surface area contributed by atoms with E-state index >= 15 is 0 Å². The van der Waals surface area contributed by atoms with Gasteiger partial charge in [0.15, 0.2) is 0 Å². The zero-order valence-corrected chi connectivity index (χ0v) is 18.1. The Kier molecular flexibility index (Phi) is 6.73. The lowest BCUT2D eigenvalue weighted by Crippen LogP contribution is -2.46.